The van der Waals surface area contributed by atoms with Crippen LogP contribution in [0.15, 0.2) is 0 Å². The molecule has 0 radical (unpaired) electrons. The molecule has 0 spiro atoms. The van der Waals surface area contributed by atoms with Crippen LogP contribution in [-0.4, -0.2) is 50.2 Å². The molecule has 0 bridgehead atoms. The van der Waals surface area contributed by atoms with Gasteiger partial charge in [0.05, 0.1) is 6.10 Å². The van der Waals surface area contributed by atoms with Gasteiger partial charge in [0.2, 0.25) is 5.91 Å². The highest BCUT2D eigenvalue weighted by atomic mass is 16.5. The third-order valence-electron chi connectivity index (χ3n) is 3.86. The molecule has 1 N–H and O–H groups in total. The van der Waals surface area contributed by atoms with Gasteiger partial charge in [0.1, 0.15) is 0 Å². The second kappa shape index (κ2) is 6.36. The number of hydrogen-bond acceptors (Lipinski definition) is 3. The van der Waals surface area contributed by atoms with E-state index in [-0.39, 0.29) is 12.0 Å². The molecule has 0 aromatic rings. The molecule has 0 aliphatic carbocycles. The number of likely N-dealkylation sites (N-methyl/N-ethyl adjacent to an activating group) is 1. The van der Waals surface area contributed by atoms with Crippen molar-refractivity contribution in [2.24, 2.45) is 5.92 Å². The highest BCUT2D eigenvalue weighted by molar-refractivity contribution is 5.75. The first-order valence-corrected chi connectivity index (χ1v) is 6.82. The highest BCUT2D eigenvalue weighted by Gasteiger charge is 2.21. The van der Waals surface area contributed by atoms with Gasteiger partial charge in [-0.25, -0.2) is 0 Å². The summed E-state index contributed by atoms with van der Waals surface area (Å²) < 4.78 is 5.55. The Morgan fingerprint density at radius 1 is 1.47 bits per heavy atom. The molecule has 17 heavy (non-hydrogen) atoms. The van der Waals surface area contributed by atoms with Crippen molar-refractivity contribution < 1.29 is 9.53 Å². The zero-order valence-electron chi connectivity index (χ0n) is 10.8. The first-order valence-electron chi connectivity index (χ1n) is 6.82. The summed E-state index contributed by atoms with van der Waals surface area (Å²) in [5.74, 6) is 0.975. The topological polar surface area (TPSA) is 41.6 Å². The zero-order chi connectivity index (χ0) is 12.1. The molecule has 2 saturated heterocycles. The van der Waals surface area contributed by atoms with E-state index in [1.165, 1.54) is 6.42 Å². The summed E-state index contributed by atoms with van der Waals surface area (Å²) in [4.78, 5) is 13.8. The molecule has 2 heterocycles. The number of carbonyl (C=O) groups excluding carboxylic acids is 1. The molecule has 98 valence electrons. The zero-order valence-corrected chi connectivity index (χ0v) is 10.8. The average molecular weight is 240 g/mol. The minimum atomic E-state index is 0.271. The van der Waals surface area contributed by atoms with Crippen LogP contribution in [-0.2, 0) is 9.53 Å². The van der Waals surface area contributed by atoms with Crippen molar-refractivity contribution in [2.45, 2.75) is 38.2 Å². The maximum absolute atomic E-state index is 11.9. The van der Waals surface area contributed by atoms with Crippen molar-refractivity contribution in [3.05, 3.63) is 0 Å². The minimum absolute atomic E-state index is 0.271. The fourth-order valence-corrected chi connectivity index (χ4v) is 2.67. The molecule has 0 saturated carbocycles. The quantitative estimate of drug-likeness (QED) is 0.780. The molecular weight excluding hydrogens is 216 g/mol. The average Bonchev–Trinajstić information content (AvgIpc) is 2.98. The number of ether oxygens (including phenoxy) is 1. The van der Waals surface area contributed by atoms with Crippen molar-refractivity contribution in [1.29, 1.82) is 0 Å². The summed E-state index contributed by atoms with van der Waals surface area (Å²) >= 11 is 0. The van der Waals surface area contributed by atoms with Gasteiger partial charge in [0.15, 0.2) is 0 Å². The van der Waals surface area contributed by atoms with E-state index in [0.717, 1.165) is 45.5 Å². The molecule has 1 amide bonds. The Bertz CT molecular complexity index is 246. The van der Waals surface area contributed by atoms with Crippen LogP contribution in [0.2, 0.25) is 0 Å². The standard InChI is InChI=1S/C13H24N2O2/c1-15(10-12-3-2-8-17-12)13(16)5-4-11-6-7-14-9-11/h11-12,14H,2-10H2,1H3. The Morgan fingerprint density at radius 2 is 2.35 bits per heavy atom. The van der Waals surface area contributed by atoms with Crippen LogP contribution in [0.25, 0.3) is 0 Å². The summed E-state index contributed by atoms with van der Waals surface area (Å²) in [5.41, 5.74) is 0. The summed E-state index contributed by atoms with van der Waals surface area (Å²) in [7, 11) is 1.90. The number of rotatable bonds is 5. The summed E-state index contributed by atoms with van der Waals surface area (Å²) in [6.07, 6.45) is 5.46. The van der Waals surface area contributed by atoms with Crippen LogP contribution in [0, 0.1) is 5.92 Å². The van der Waals surface area contributed by atoms with E-state index in [2.05, 4.69) is 5.32 Å². The van der Waals surface area contributed by atoms with E-state index in [1.807, 2.05) is 11.9 Å². The summed E-state index contributed by atoms with van der Waals surface area (Å²) in [6.45, 7) is 3.83. The second-order valence-electron chi connectivity index (χ2n) is 5.31. The van der Waals surface area contributed by atoms with Gasteiger partial charge in [-0.2, -0.15) is 0 Å². The minimum Gasteiger partial charge on any atom is -0.376 e. The lowest BCUT2D eigenvalue weighted by molar-refractivity contribution is -0.131. The molecule has 4 heteroatoms. The van der Waals surface area contributed by atoms with Gasteiger partial charge in [0.25, 0.3) is 0 Å². The van der Waals surface area contributed by atoms with Crippen molar-refractivity contribution >= 4 is 5.91 Å². The smallest absolute Gasteiger partial charge is 0.222 e. The maximum atomic E-state index is 11.9. The van der Waals surface area contributed by atoms with Gasteiger partial charge in [-0.3, -0.25) is 4.79 Å². The third-order valence-corrected chi connectivity index (χ3v) is 3.86. The Labute approximate surface area is 104 Å². The fraction of sp³-hybridized carbons (Fsp3) is 0.923. The van der Waals surface area contributed by atoms with E-state index in [0.29, 0.717) is 12.3 Å². The number of nitrogens with zero attached hydrogens (tertiary/aromatic N) is 1. The molecule has 2 aliphatic rings. The van der Waals surface area contributed by atoms with E-state index in [4.69, 9.17) is 4.74 Å². The lowest BCUT2D eigenvalue weighted by atomic mass is 10.0. The van der Waals surface area contributed by atoms with Crippen molar-refractivity contribution in [3.8, 4) is 0 Å². The van der Waals surface area contributed by atoms with Gasteiger partial charge in [-0.05, 0) is 44.7 Å². The normalized spacial score (nSPS) is 28.5. The van der Waals surface area contributed by atoms with Crippen molar-refractivity contribution in [3.63, 3.8) is 0 Å². The predicted molar refractivity (Wildman–Crippen MR) is 66.8 cm³/mol. The number of hydrogen-bond donors (Lipinski definition) is 1. The number of carbonyl (C=O) groups is 1. The SMILES string of the molecule is CN(CC1CCCO1)C(=O)CCC1CCNC1. The Kier molecular flexibility index (Phi) is 4.80. The maximum Gasteiger partial charge on any atom is 0.222 e. The molecular formula is C13H24N2O2. The Balaban J connectivity index is 1.63. The monoisotopic (exact) mass is 240 g/mol. The predicted octanol–water partition coefficient (Wildman–Crippen LogP) is 1.01. The van der Waals surface area contributed by atoms with E-state index in [9.17, 15) is 4.79 Å². The highest BCUT2D eigenvalue weighted by Crippen LogP contribution is 2.16. The van der Waals surface area contributed by atoms with Crippen LogP contribution in [0.1, 0.15) is 32.1 Å². The van der Waals surface area contributed by atoms with E-state index in [1.54, 1.807) is 0 Å². The van der Waals surface area contributed by atoms with Crippen molar-refractivity contribution in [1.82, 2.24) is 10.2 Å². The number of nitrogens with one attached hydrogen (secondary N) is 1. The van der Waals surface area contributed by atoms with Crippen LogP contribution in [0.5, 0.6) is 0 Å². The Morgan fingerprint density at radius 3 is 3.00 bits per heavy atom. The van der Waals surface area contributed by atoms with Crippen LogP contribution < -0.4 is 5.32 Å². The Hall–Kier alpha value is -0.610. The third kappa shape index (κ3) is 3.96. The van der Waals surface area contributed by atoms with Crippen LogP contribution >= 0.6 is 0 Å². The first kappa shape index (κ1) is 12.8. The van der Waals surface area contributed by atoms with Crippen LogP contribution in [0.3, 0.4) is 0 Å². The van der Waals surface area contributed by atoms with Crippen molar-refractivity contribution in [2.75, 3.05) is 33.3 Å². The van der Waals surface area contributed by atoms with Gasteiger partial charge < -0.3 is 15.0 Å². The van der Waals surface area contributed by atoms with Gasteiger partial charge in [-0.15, -0.1) is 0 Å². The molecule has 0 aromatic heterocycles. The molecule has 2 atom stereocenters. The first-order chi connectivity index (χ1) is 8.25. The largest absolute Gasteiger partial charge is 0.376 e. The number of amides is 1. The van der Waals surface area contributed by atoms with Gasteiger partial charge >= 0.3 is 0 Å². The van der Waals surface area contributed by atoms with Crippen LogP contribution in [0.4, 0.5) is 0 Å². The summed E-state index contributed by atoms with van der Waals surface area (Å²) in [6, 6.07) is 0. The lowest BCUT2D eigenvalue weighted by Crippen LogP contribution is -2.34. The fourth-order valence-electron chi connectivity index (χ4n) is 2.67. The second-order valence-corrected chi connectivity index (χ2v) is 5.31. The molecule has 2 fully saturated rings. The van der Waals surface area contributed by atoms with Gasteiger partial charge in [0, 0.05) is 26.6 Å². The molecule has 2 unspecified atom stereocenters. The summed E-state index contributed by atoms with van der Waals surface area (Å²) in [5, 5.41) is 3.34. The molecule has 2 rings (SSSR count). The van der Waals surface area contributed by atoms with Gasteiger partial charge in [-0.1, -0.05) is 0 Å². The van der Waals surface area contributed by atoms with E-state index >= 15 is 0 Å². The molecule has 4 nitrogen and oxygen atoms in total. The molecule has 0 aromatic carbocycles. The lowest BCUT2D eigenvalue weighted by Gasteiger charge is -2.21. The van der Waals surface area contributed by atoms with E-state index < -0.39 is 0 Å². The molecule has 2 aliphatic heterocycles.